The fourth-order valence-corrected chi connectivity index (χ4v) is 1.76. The quantitative estimate of drug-likeness (QED) is 0.803. The number of primary amides is 1. The molecule has 2 heterocycles. The molecule has 0 radical (unpaired) electrons. The summed E-state index contributed by atoms with van der Waals surface area (Å²) in [5, 5.41) is 2.64. The number of carbonyl (C=O) groups excluding carboxylic acids is 2. The van der Waals surface area contributed by atoms with Crippen LogP contribution in [-0.2, 0) is 9.59 Å². The number of carbonyl (C=O) groups is 2. The first-order valence-corrected chi connectivity index (χ1v) is 5.82. The molecule has 0 aromatic carbocycles. The predicted molar refractivity (Wildman–Crippen MR) is 71.4 cm³/mol. The van der Waals surface area contributed by atoms with Crippen molar-refractivity contribution < 1.29 is 9.59 Å². The van der Waals surface area contributed by atoms with Gasteiger partial charge >= 0.3 is 0 Å². The highest BCUT2D eigenvalue weighted by molar-refractivity contribution is 6.31. The number of nitrogens with two attached hydrogens (primary N) is 1. The van der Waals surface area contributed by atoms with Crippen LogP contribution in [0.1, 0.15) is 5.69 Å². The van der Waals surface area contributed by atoms with Gasteiger partial charge in [0.1, 0.15) is 5.65 Å². The number of amides is 2. The molecule has 0 aliphatic carbocycles. The lowest BCUT2D eigenvalue weighted by atomic mass is 10.3. The van der Waals surface area contributed by atoms with Gasteiger partial charge in [-0.05, 0) is 18.2 Å². The molecular weight excluding hydrogens is 268 g/mol. The zero-order valence-corrected chi connectivity index (χ0v) is 10.6. The molecule has 0 bridgehead atoms. The molecule has 2 rings (SSSR count). The summed E-state index contributed by atoms with van der Waals surface area (Å²) in [5.74, 6) is -1.03. The van der Waals surface area contributed by atoms with E-state index in [4.69, 9.17) is 17.3 Å². The second kappa shape index (κ2) is 5.53. The van der Waals surface area contributed by atoms with Gasteiger partial charge in [-0.3, -0.25) is 14.0 Å². The van der Waals surface area contributed by atoms with E-state index >= 15 is 0 Å². The summed E-state index contributed by atoms with van der Waals surface area (Å²) in [4.78, 5) is 26.1. The summed E-state index contributed by atoms with van der Waals surface area (Å²) in [6.45, 7) is -0.204. The molecule has 0 unspecified atom stereocenters. The van der Waals surface area contributed by atoms with Gasteiger partial charge in [0.2, 0.25) is 11.8 Å². The highest BCUT2D eigenvalue weighted by atomic mass is 35.5. The van der Waals surface area contributed by atoms with Crippen LogP contribution >= 0.6 is 11.6 Å². The molecule has 2 aromatic rings. The van der Waals surface area contributed by atoms with E-state index in [1.54, 1.807) is 16.7 Å². The molecule has 0 saturated carbocycles. The topological polar surface area (TPSA) is 89.5 Å². The third-order valence-corrected chi connectivity index (χ3v) is 2.63. The number of aromatic nitrogens is 2. The van der Waals surface area contributed by atoms with E-state index in [2.05, 4.69) is 10.3 Å². The first-order valence-electron chi connectivity index (χ1n) is 5.44. The highest BCUT2D eigenvalue weighted by Crippen LogP contribution is 2.18. The Kier molecular flexibility index (Phi) is 3.82. The standard InChI is InChI=1S/C12H11ClN4O2/c13-12-8(4-5-11(19)15-7-9(14)18)17-6-2-1-3-10(17)16-12/h1-6H,7H2,(H2,14,18)(H,15,19)/b5-4+. The number of fused-ring (bicyclic) bond motifs is 1. The van der Waals surface area contributed by atoms with Gasteiger partial charge in [-0.15, -0.1) is 0 Å². The number of nitrogens with zero attached hydrogens (tertiary/aromatic N) is 2. The van der Waals surface area contributed by atoms with Gasteiger partial charge in [-0.25, -0.2) is 4.98 Å². The molecule has 2 aromatic heterocycles. The van der Waals surface area contributed by atoms with Crippen LogP contribution in [0.3, 0.4) is 0 Å². The number of rotatable bonds is 4. The molecule has 6 nitrogen and oxygen atoms in total. The van der Waals surface area contributed by atoms with Crippen LogP contribution < -0.4 is 11.1 Å². The largest absolute Gasteiger partial charge is 0.368 e. The van der Waals surface area contributed by atoms with Crippen molar-refractivity contribution in [3.63, 3.8) is 0 Å². The summed E-state index contributed by atoms with van der Waals surface area (Å²) in [6, 6.07) is 5.47. The van der Waals surface area contributed by atoms with Crippen molar-refractivity contribution in [2.45, 2.75) is 0 Å². The van der Waals surface area contributed by atoms with E-state index < -0.39 is 11.8 Å². The third kappa shape index (κ3) is 3.11. The fourth-order valence-electron chi connectivity index (χ4n) is 1.52. The number of halogens is 1. The Morgan fingerprint density at radius 3 is 3.00 bits per heavy atom. The van der Waals surface area contributed by atoms with E-state index in [-0.39, 0.29) is 6.54 Å². The molecule has 0 aliphatic heterocycles. The Morgan fingerprint density at radius 1 is 1.47 bits per heavy atom. The van der Waals surface area contributed by atoms with Crippen molar-refractivity contribution in [3.05, 3.63) is 41.3 Å². The molecule has 0 aliphatic rings. The minimum absolute atomic E-state index is 0.204. The molecule has 0 atom stereocenters. The Labute approximate surface area is 113 Å². The molecule has 19 heavy (non-hydrogen) atoms. The molecule has 7 heteroatoms. The van der Waals surface area contributed by atoms with E-state index in [1.165, 1.54) is 12.2 Å². The molecule has 3 N–H and O–H groups in total. The molecular formula is C12H11ClN4O2. The zero-order valence-electron chi connectivity index (χ0n) is 9.84. The van der Waals surface area contributed by atoms with Gasteiger partial charge in [0.25, 0.3) is 0 Å². The molecule has 2 amide bonds. The number of nitrogens with one attached hydrogen (secondary N) is 1. The number of hydrogen-bond donors (Lipinski definition) is 2. The van der Waals surface area contributed by atoms with Crippen LogP contribution in [0.5, 0.6) is 0 Å². The summed E-state index contributed by atoms with van der Waals surface area (Å²) < 4.78 is 1.75. The summed E-state index contributed by atoms with van der Waals surface area (Å²) in [5.41, 5.74) is 6.19. The van der Waals surface area contributed by atoms with Crippen molar-refractivity contribution in [2.24, 2.45) is 5.73 Å². The van der Waals surface area contributed by atoms with Gasteiger partial charge < -0.3 is 11.1 Å². The number of hydrogen-bond acceptors (Lipinski definition) is 3. The minimum atomic E-state index is -0.602. The van der Waals surface area contributed by atoms with E-state index in [1.807, 2.05) is 12.1 Å². The minimum Gasteiger partial charge on any atom is -0.368 e. The molecule has 0 spiro atoms. The van der Waals surface area contributed by atoms with E-state index in [9.17, 15) is 9.59 Å². The number of imidazole rings is 1. The maximum Gasteiger partial charge on any atom is 0.244 e. The van der Waals surface area contributed by atoms with Gasteiger partial charge in [-0.2, -0.15) is 0 Å². The van der Waals surface area contributed by atoms with Crippen LogP contribution in [-0.4, -0.2) is 27.7 Å². The molecule has 0 saturated heterocycles. The van der Waals surface area contributed by atoms with Gasteiger partial charge in [-0.1, -0.05) is 17.7 Å². The normalized spacial score (nSPS) is 11.0. The maximum atomic E-state index is 11.4. The van der Waals surface area contributed by atoms with Crippen LogP contribution in [0.2, 0.25) is 5.15 Å². The Balaban J connectivity index is 2.19. The second-order valence-electron chi connectivity index (χ2n) is 3.73. The lowest BCUT2D eigenvalue weighted by molar-refractivity contribution is -0.122. The van der Waals surface area contributed by atoms with Crippen molar-refractivity contribution in [3.8, 4) is 0 Å². The monoisotopic (exact) mass is 278 g/mol. The van der Waals surface area contributed by atoms with Crippen molar-refractivity contribution in [1.29, 1.82) is 0 Å². The first-order chi connectivity index (χ1) is 9.08. The zero-order chi connectivity index (χ0) is 13.8. The maximum absolute atomic E-state index is 11.4. The summed E-state index contributed by atoms with van der Waals surface area (Å²) >= 11 is 5.99. The summed E-state index contributed by atoms with van der Waals surface area (Å²) in [7, 11) is 0. The smallest absolute Gasteiger partial charge is 0.244 e. The lowest BCUT2D eigenvalue weighted by Crippen LogP contribution is -2.32. The van der Waals surface area contributed by atoms with Crippen LogP contribution in [0.4, 0.5) is 0 Å². The second-order valence-corrected chi connectivity index (χ2v) is 4.09. The summed E-state index contributed by atoms with van der Waals surface area (Å²) in [6.07, 6.45) is 4.58. The third-order valence-electron chi connectivity index (χ3n) is 2.35. The highest BCUT2D eigenvalue weighted by Gasteiger charge is 2.07. The molecule has 0 fully saturated rings. The Morgan fingerprint density at radius 2 is 2.26 bits per heavy atom. The van der Waals surface area contributed by atoms with Crippen LogP contribution in [0.15, 0.2) is 30.5 Å². The lowest BCUT2D eigenvalue weighted by Gasteiger charge is -1.98. The average Bonchev–Trinajstić information content (AvgIpc) is 2.69. The Hall–Kier alpha value is -2.34. The number of pyridine rings is 1. The van der Waals surface area contributed by atoms with Crippen molar-refractivity contribution in [1.82, 2.24) is 14.7 Å². The van der Waals surface area contributed by atoms with Gasteiger partial charge in [0.05, 0.1) is 12.2 Å². The van der Waals surface area contributed by atoms with E-state index in [0.717, 1.165) is 0 Å². The van der Waals surface area contributed by atoms with Crippen LogP contribution in [0, 0.1) is 0 Å². The fraction of sp³-hybridized carbons (Fsp3) is 0.0833. The molecule has 98 valence electrons. The van der Waals surface area contributed by atoms with E-state index in [0.29, 0.717) is 16.5 Å². The van der Waals surface area contributed by atoms with Crippen molar-refractivity contribution >= 4 is 35.1 Å². The SMILES string of the molecule is NC(=O)CNC(=O)/C=C/c1c(Cl)nc2ccccn12. The van der Waals surface area contributed by atoms with Gasteiger partial charge in [0.15, 0.2) is 5.15 Å². The predicted octanol–water partition coefficient (Wildman–Crippen LogP) is 0.602. The van der Waals surface area contributed by atoms with Crippen LogP contribution in [0.25, 0.3) is 11.7 Å². The first kappa shape index (κ1) is 13.1. The van der Waals surface area contributed by atoms with Crippen molar-refractivity contribution in [2.75, 3.05) is 6.54 Å². The van der Waals surface area contributed by atoms with Gasteiger partial charge in [0, 0.05) is 12.3 Å². The average molecular weight is 279 g/mol. The Bertz CT molecular complexity index is 663.